The highest BCUT2D eigenvalue weighted by Crippen LogP contribution is 2.36. The minimum Gasteiger partial charge on any atom is -0.391 e. The predicted molar refractivity (Wildman–Crippen MR) is 80.7 cm³/mol. The largest absolute Gasteiger partial charge is 0.391 e. The maximum Gasteiger partial charge on any atom is 0.0835 e. The summed E-state index contributed by atoms with van der Waals surface area (Å²) in [6, 6.07) is 3.80. The summed E-state index contributed by atoms with van der Waals surface area (Å²) in [5.41, 5.74) is 0.788. The second kappa shape index (κ2) is 6.47. The monoisotopic (exact) mass is 351 g/mol. The molecule has 1 saturated carbocycles. The molecular formula is C13H16BrCl2NO. The second-order valence-electron chi connectivity index (χ2n) is 4.68. The van der Waals surface area contributed by atoms with Crippen LogP contribution in [0.4, 0.5) is 5.69 Å². The molecule has 18 heavy (non-hydrogen) atoms. The summed E-state index contributed by atoms with van der Waals surface area (Å²) in [4.78, 5) is 0. The summed E-state index contributed by atoms with van der Waals surface area (Å²) < 4.78 is 0.779. The Morgan fingerprint density at radius 3 is 2.61 bits per heavy atom. The van der Waals surface area contributed by atoms with E-state index in [1.165, 1.54) is 6.42 Å². The van der Waals surface area contributed by atoms with Gasteiger partial charge in [0.2, 0.25) is 0 Å². The first kappa shape index (κ1) is 14.4. The normalized spacial score (nSPS) is 24.7. The van der Waals surface area contributed by atoms with E-state index in [9.17, 15) is 5.11 Å². The van der Waals surface area contributed by atoms with Crippen molar-refractivity contribution < 1.29 is 5.11 Å². The van der Waals surface area contributed by atoms with Crippen molar-refractivity contribution in [2.45, 2.75) is 44.2 Å². The van der Waals surface area contributed by atoms with Gasteiger partial charge in [-0.3, -0.25) is 0 Å². The van der Waals surface area contributed by atoms with Crippen LogP contribution in [0.25, 0.3) is 0 Å². The molecule has 1 aliphatic rings. The Bertz CT molecular complexity index is 428. The maximum absolute atomic E-state index is 10.1. The molecule has 1 aromatic carbocycles. The van der Waals surface area contributed by atoms with Crippen LogP contribution >= 0.6 is 39.1 Å². The third kappa shape index (κ3) is 3.32. The summed E-state index contributed by atoms with van der Waals surface area (Å²) >= 11 is 15.6. The molecule has 0 aliphatic heterocycles. The molecule has 2 unspecified atom stereocenters. The fourth-order valence-electron chi connectivity index (χ4n) is 2.29. The highest BCUT2D eigenvalue weighted by atomic mass is 79.9. The molecule has 0 amide bonds. The minimum absolute atomic E-state index is 0.0576. The van der Waals surface area contributed by atoms with Crippen molar-refractivity contribution in [3.8, 4) is 0 Å². The standard InChI is InChI=1S/C13H16BrCl2NO/c14-8-6-7-10(13(16)12(8)15)17-9-4-2-1-3-5-11(9)18/h6-7,9,11,17-18H,1-5H2. The van der Waals surface area contributed by atoms with Gasteiger partial charge in [0.25, 0.3) is 0 Å². The van der Waals surface area contributed by atoms with Crippen LogP contribution in [0.15, 0.2) is 16.6 Å². The molecule has 2 atom stereocenters. The zero-order valence-electron chi connectivity index (χ0n) is 9.93. The predicted octanol–water partition coefficient (Wildman–Crippen LogP) is 4.86. The first-order valence-corrected chi connectivity index (χ1v) is 7.72. The molecule has 2 rings (SSSR count). The van der Waals surface area contributed by atoms with Crippen LogP contribution in [-0.4, -0.2) is 17.3 Å². The van der Waals surface area contributed by atoms with Crippen molar-refractivity contribution in [3.63, 3.8) is 0 Å². The molecular weight excluding hydrogens is 337 g/mol. The number of nitrogens with one attached hydrogen (secondary N) is 1. The molecule has 0 spiro atoms. The average Bonchev–Trinajstić information content (AvgIpc) is 2.56. The van der Waals surface area contributed by atoms with E-state index >= 15 is 0 Å². The summed E-state index contributed by atoms with van der Waals surface area (Å²) in [7, 11) is 0. The topological polar surface area (TPSA) is 32.3 Å². The first-order chi connectivity index (χ1) is 8.59. The van der Waals surface area contributed by atoms with Gasteiger partial charge in [-0.2, -0.15) is 0 Å². The van der Waals surface area contributed by atoms with Crippen LogP contribution in [0.5, 0.6) is 0 Å². The zero-order valence-corrected chi connectivity index (χ0v) is 13.0. The molecule has 1 fully saturated rings. The number of hydrogen-bond acceptors (Lipinski definition) is 2. The lowest BCUT2D eigenvalue weighted by Gasteiger charge is -2.23. The molecule has 2 N–H and O–H groups in total. The molecule has 2 nitrogen and oxygen atoms in total. The first-order valence-electron chi connectivity index (χ1n) is 6.17. The van der Waals surface area contributed by atoms with E-state index in [0.717, 1.165) is 35.8 Å². The fraction of sp³-hybridized carbons (Fsp3) is 0.538. The van der Waals surface area contributed by atoms with Crippen LogP contribution in [0.1, 0.15) is 32.1 Å². The summed E-state index contributed by atoms with van der Waals surface area (Å²) in [5.74, 6) is 0. The van der Waals surface area contributed by atoms with E-state index in [-0.39, 0.29) is 12.1 Å². The number of aliphatic hydroxyl groups excluding tert-OH is 1. The van der Waals surface area contributed by atoms with Gasteiger partial charge in [-0.15, -0.1) is 0 Å². The van der Waals surface area contributed by atoms with Gasteiger partial charge in [-0.25, -0.2) is 0 Å². The van der Waals surface area contributed by atoms with Crippen LogP contribution in [0.3, 0.4) is 0 Å². The molecule has 0 heterocycles. The molecule has 0 saturated heterocycles. The van der Waals surface area contributed by atoms with E-state index in [2.05, 4.69) is 21.2 Å². The fourth-order valence-corrected chi connectivity index (χ4v) is 3.12. The van der Waals surface area contributed by atoms with Gasteiger partial charge < -0.3 is 10.4 Å². The number of anilines is 1. The maximum atomic E-state index is 10.1. The molecule has 1 aromatic rings. The van der Waals surface area contributed by atoms with E-state index < -0.39 is 0 Å². The van der Waals surface area contributed by atoms with Gasteiger partial charge >= 0.3 is 0 Å². The number of benzene rings is 1. The SMILES string of the molecule is OC1CCCCCC1Nc1ccc(Br)c(Cl)c1Cl. The Hall–Kier alpha value is 0.0400. The lowest BCUT2D eigenvalue weighted by molar-refractivity contribution is 0.144. The Kier molecular flexibility index (Phi) is 5.19. The van der Waals surface area contributed by atoms with Crippen molar-refractivity contribution in [2.75, 3.05) is 5.32 Å². The Balaban J connectivity index is 2.15. The quantitative estimate of drug-likeness (QED) is 0.588. The smallest absolute Gasteiger partial charge is 0.0835 e. The van der Waals surface area contributed by atoms with E-state index in [1.807, 2.05) is 12.1 Å². The van der Waals surface area contributed by atoms with Gasteiger partial charge in [0, 0.05) is 4.47 Å². The van der Waals surface area contributed by atoms with Gasteiger partial charge in [0.1, 0.15) is 0 Å². The summed E-state index contributed by atoms with van der Waals surface area (Å²) in [6.07, 6.45) is 4.91. The Morgan fingerprint density at radius 1 is 1.11 bits per heavy atom. The minimum atomic E-state index is -0.314. The lowest BCUT2D eigenvalue weighted by atomic mass is 10.1. The molecule has 0 radical (unpaired) electrons. The van der Waals surface area contributed by atoms with Gasteiger partial charge in [0.05, 0.1) is 27.9 Å². The number of hydrogen-bond donors (Lipinski definition) is 2. The molecule has 0 aromatic heterocycles. The van der Waals surface area contributed by atoms with Gasteiger partial charge in [-0.05, 0) is 40.9 Å². The van der Waals surface area contributed by atoms with E-state index in [1.54, 1.807) is 0 Å². The van der Waals surface area contributed by atoms with Crippen LogP contribution < -0.4 is 5.32 Å². The van der Waals surface area contributed by atoms with Crippen molar-refractivity contribution in [2.24, 2.45) is 0 Å². The number of rotatable bonds is 2. The van der Waals surface area contributed by atoms with E-state index in [4.69, 9.17) is 23.2 Å². The van der Waals surface area contributed by atoms with Crippen molar-refractivity contribution in [1.29, 1.82) is 0 Å². The van der Waals surface area contributed by atoms with E-state index in [0.29, 0.717) is 10.0 Å². The highest BCUT2D eigenvalue weighted by molar-refractivity contribution is 9.10. The number of aliphatic hydroxyl groups is 1. The van der Waals surface area contributed by atoms with Gasteiger partial charge in [-0.1, -0.05) is 42.5 Å². The highest BCUT2D eigenvalue weighted by Gasteiger charge is 2.22. The molecule has 5 heteroatoms. The van der Waals surface area contributed by atoms with Crippen molar-refractivity contribution in [3.05, 3.63) is 26.7 Å². The molecule has 0 bridgehead atoms. The third-order valence-electron chi connectivity index (χ3n) is 3.36. The third-order valence-corrected chi connectivity index (χ3v) is 5.13. The lowest BCUT2D eigenvalue weighted by Crippen LogP contribution is -2.32. The van der Waals surface area contributed by atoms with Crippen LogP contribution in [0.2, 0.25) is 10.0 Å². The number of halogens is 3. The zero-order chi connectivity index (χ0) is 13.1. The van der Waals surface area contributed by atoms with Crippen LogP contribution in [0, 0.1) is 0 Å². The molecule has 1 aliphatic carbocycles. The summed E-state index contributed by atoms with van der Waals surface area (Å²) in [6.45, 7) is 0. The average molecular weight is 353 g/mol. The Morgan fingerprint density at radius 2 is 1.83 bits per heavy atom. The molecule has 100 valence electrons. The Labute approximate surface area is 126 Å². The second-order valence-corrected chi connectivity index (χ2v) is 6.29. The van der Waals surface area contributed by atoms with Crippen LogP contribution in [-0.2, 0) is 0 Å². The summed E-state index contributed by atoms with van der Waals surface area (Å²) in [5, 5.41) is 14.4. The van der Waals surface area contributed by atoms with Crippen molar-refractivity contribution >= 4 is 44.8 Å². The van der Waals surface area contributed by atoms with Gasteiger partial charge in [0.15, 0.2) is 0 Å². The van der Waals surface area contributed by atoms with Crippen molar-refractivity contribution in [1.82, 2.24) is 0 Å².